The average molecular weight is 212 g/mol. The molecule has 0 amide bonds. The van der Waals surface area contributed by atoms with Gasteiger partial charge in [0, 0.05) is 0 Å². The summed E-state index contributed by atoms with van der Waals surface area (Å²) in [4.78, 5) is 0. The van der Waals surface area contributed by atoms with Gasteiger partial charge in [-0.15, -0.1) is 0 Å². The molecule has 0 spiro atoms. The summed E-state index contributed by atoms with van der Waals surface area (Å²) in [7, 11) is 1.81. The van der Waals surface area contributed by atoms with Crippen LogP contribution in [0.4, 0.5) is 6.01 Å². The van der Waals surface area contributed by atoms with E-state index in [1.165, 1.54) is 0 Å². The predicted octanol–water partition coefficient (Wildman–Crippen LogP) is -2.25. The van der Waals surface area contributed by atoms with Gasteiger partial charge >= 0.3 is 11.8 Å². The Balaban J connectivity index is 0.000000980. The Morgan fingerprint density at radius 3 is 2.43 bits per heavy atom. The normalized spacial score (nSPS) is 9.50. The van der Waals surface area contributed by atoms with Gasteiger partial charge in [-0.2, -0.15) is 4.57 Å². The van der Waals surface area contributed by atoms with Crippen molar-refractivity contribution in [3.8, 4) is 11.4 Å². The van der Waals surface area contributed by atoms with E-state index in [0.717, 1.165) is 11.4 Å². The van der Waals surface area contributed by atoms with Crippen molar-refractivity contribution in [3.63, 3.8) is 0 Å². The van der Waals surface area contributed by atoms with E-state index >= 15 is 0 Å². The van der Waals surface area contributed by atoms with Gasteiger partial charge in [-0.25, -0.2) is 4.52 Å². The van der Waals surface area contributed by atoms with E-state index in [1.807, 2.05) is 37.4 Å². The molecular formula is C9H10ClN3O. The summed E-state index contributed by atoms with van der Waals surface area (Å²) < 4.78 is 6.54. The summed E-state index contributed by atoms with van der Waals surface area (Å²) in [5.41, 5.74) is 6.50. The van der Waals surface area contributed by atoms with Crippen LogP contribution in [0.2, 0.25) is 0 Å². The lowest BCUT2D eigenvalue weighted by Crippen LogP contribution is -3.00. The summed E-state index contributed by atoms with van der Waals surface area (Å²) in [5.74, 6) is 0.734. The zero-order chi connectivity index (χ0) is 9.26. The Labute approximate surface area is 87.7 Å². The molecule has 0 aliphatic carbocycles. The number of rotatable bonds is 1. The quantitative estimate of drug-likeness (QED) is 0.543. The maximum Gasteiger partial charge on any atom is 0.432 e. The van der Waals surface area contributed by atoms with Crippen LogP contribution in [-0.2, 0) is 7.05 Å². The molecule has 1 heterocycles. The fraction of sp³-hybridized carbons (Fsp3) is 0.111. The minimum atomic E-state index is 0. The first-order chi connectivity index (χ1) is 6.29. The fourth-order valence-corrected chi connectivity index (χ4v) is 1.15. The molecule has 0 bridgehead atoms. The number of aromatic nitrogens is 2. The van der Waals surface area contributed by atoms with Crippen molar-refractivity contribution in [1.29, 1.82) is 0 Å². The summed E-state index contributed by atoms with van der Waals surface area (Å²) in [6, 6.07) is 10.1. The minimum Gasteiger partial charge on any atom is -1.00 e. The first-order valence-electron chi connectivity index (χ1n) is 3.95. The van der Waals surface area contributed by atoms with Crippen molar-refractivity contribution < 1.29 is 21.5 Å². The highest BCUT2D eigenvalue weighted by Gasteiger charge is 2.16. The number of hydrogen-bond donors (Lipinski definition) is 1. The Hall–Kier alpha value is -1.55. The highest BCUT2D eigenvalue weighted by Crippen LogP contribution is 2.12. The number of nitrogen functional groups attached to an aromatic ring is 1. The van der Waals surface area contributed by atoms with E-state index in [1.54, 1.807) is 4.57 Å². The third-order valence-corrected chi connectivity index (χ3v) is 1.91. The standard InChI is InChI=1S/C9H9N3O.ClH/c1-12-8(11-13-9(12)10)7-5-3-2-4-6-7;/h2-6,10H,1H3;1H. The maximum absolute atomic E-state index is 5.51. The van der Waals surface area contributed by atoms with E-state index < -0.39 is 0 Å². The molecule has 0 saturated carbocycles. The summed E-state index contributed by atoms with van der Waals surface area (Å²) >= 11 is 0. The molecule has 0 atom stereocenters. The van der Waals surface area contributed by atoms with E-state index in [2.05, 4.69) is 5.16 Å². The van der Waals surface area contributed by atoms with Crippen molar-refractivity contribution in [2.75, 3.05) is 5.73 Å². The minimum absolute atomic E-state index is 0. The molecule has 14 heavy (non-hydrogen) atoms. The van der Waals surface area contributed by atoms with Gasteiger partial charge in [-0.1, -0.05) is 18.2 Å². The van der Waals surface area contributed by atoms with Crippen molar-refractivity contribution in [1.82, 2.24) is 5.16 Å². The van der Waals surface area contributed by atoms with Crippen LogP contribution in [0.3, 0.4) is 0 Å². The number of halogens is 1. The van der Waals surface area contributed by atoms with Gasteiger partial charge in [0.05, 0.1) is 17.8 Å². The second-order valence-corrected chi connectivity index (χ2v) is 2.77. The van der Waals surface area contributed by atoms with Crippen LogP contribution in [0.5, 0.6) is 0 Å². The lowest BCUT2D eigenvalue weighted by Gasteiger charge is -1.91. The van der Waals surface area contributed by atoms with Crippen LogP contribution in [0.1, 0.15) is 0 Å². The average Bonchev–Trinajstić information content (AvgIpc) is 2.49. The Kier molecular flexibility index (Phi) is 3.09. The third kappa shape index (κ3) is 1.70. The largest absolute Gasteiger partial charge is 1.00 e. The Morgan fingerprint density at radius 2 is 1.93 bits per heavy atom. The molecule has 1 aromatic carbocycles. The van der Waals surface area contributed by atoms with Crippen LogP contribution in [0.25, 0.3) is 11.4 Å². The van der Waals surface area contributed by atoms with E-state index in [9.17, 15) is 0 Å². The number of anilines is 1. The smallest absolute Gasteiger partial charge is 0.432 e. The van der Waals surface area contributed by atoms with Crippen LogP contribution >= 0.6 is 0 Å². The van der Waals surface area contributed by atoms with Gasteiger partial charge in [0.2, 0.25) is 0 Å². The number of benzene rings is 1. The van der Waals surface area contributed by atoms with Gasteiger partial charge < -0.3 is 12.4 Å². The van der Waals surface area contributed by atoms with Crippen molar-refractivity contribution in [2.24, 2.45) is 7.05 Å². The molecule has 0 saturated heterocycles. The van der Waals surface area contributed by atoms with Crippen LogP contribution in [-0.4, -0.2) is 5.16 Å². The van der Waals surface area contributed by atoms with E-state index in [0.29, 0.717) is 6.01 Å². The molecule has 4 nitrogen and oxygen atoms in total. The lowest BCUT2D eigenvalue weighted by molar-refractivity contribution is -0.648. The van der Waals surface area contributed by atoms with Crippen LogP contribution in [0.15, 0.2) is 34.9 Å². The van der Waals surface area contributed by atoms with Gasteiger partial charge in [-0.05, 0) is 12.1 Å². The molecule has 0 radical (unpaired) electrons. The molecule has 0 aliphatic rings. The predicted molar refractivity (Wildman–Crippen MR) is 47.5 cm³/mol. The van der Waals surface area contributed by atoms with Gasteiger partial charge in [-0.3, -0.25) is 5.73 Å². The topological polar surface area (TPSA) is 55.9 Å². The molecule has 0 unspecified atom stereocenters. The van der Waals surface area contributed by atoms with E-state index in [-0.39, 0.29) is 12.4 Å². The summed E-state index contributed by atoms with van der Waals surface area (Å²) in [6.45, 7) is 0. The molecule has 2 aromatic rings. The first-order valence-corrected chi connectivity index (χ1v) is 3.95. The molecule has 1 aromatic heterocycles. The van der Waals surface area contributed by atoms with Gasteiger partial charge in [0.25, 0.3) is 0 Å². The lowest BCUT2D eigenvalue weighted by atomic mass is 10.2. The Bertz CT molecular complexity index is 413. The van der Waals surface area contributed by atoms with Crippen LogP contribution in [0, 0.1) is 0 Å². The third-order valence-electron chi connectivity index (χ3n) is 1.91. The fourth-order valence-electron chi connectivity index (χ4n) is 1.15. The molecule has 0 fully saturated rings. The number of nitrogens with zero attached hydrogens (tertiary/aromatic N) is 2. The molecule has 2 rings (SSSR count). The zero-order valence-electron chi connectivity index (χ0n) is 7.64. The number of nitrogens with two attached hydrogens (primary N) is 1. The van der Waals surface area contributed by atoms with E-state index in [4.69, 9.17) is 10.3 Å². The number of hydrogen-bond acceptors (Lipinski definition) is 3. The molecule has 74 valence electrons. The first kappa shape index (κ1) is 10.5. The highest BCUT2D eigenvalue weighted by atomic mass is 35.5. The SMILES string of the molecule is C[n+]1c(-c2ccccc2)noc1N.[Cl-]. The maximum atomic E-state index is 5.51. The van der Waals surface area contributed by atoms with Crippen molar-refractivity contribution >= 4 is 6.01 Å². The van der Waals surface area contributed by atoms with Gasteiger partial charge in [0.15, 0.2) is 0 Å². The zero-order valence-corrected chi connectivity index (χ0v) is 8.40. The second kappa shape index (κ2) is 4.11. The Morgan fingerprint density at radius 1 is 1.29 bits per heavy atom. The summed E-state index contributed by atoms with van der Waals surface area (Å²) in [5, 5.41) is 3.85. The van der Waals surface area contributed by atoms with Gasteiger partial charge in [0.1, 0.15) is 0 Å². The van der Waals surface area contributed by atoms with Crippen molar-refractivity contribution in [2.45, 2.75) is 0 Å². The molecular weight excluding hydrogens is 202 g/mol. The molecule has 0 aliphatic heterocycles. The molecule has 5 heteroatoms. The highest BCUT2D eigenvalue weighted by molar-refractivity contribution is 5.51. The molecule has 2 N–H and O–H groups in total. The second-order valence-electron chi connectivity index (χ2n) is 2.77. The summed E-state index contributed by atoms with van der Waals surface area (Å²) in [6.07, 6.45) is 0. The van der Waals surface area contributed by atoms with Crippen LogP contribution < -0.4 is 22.7 Å². The monoisotopic (exact) mass is 211 g/mol. The van der Waals surface area contributed by atoms with Crippen molar-refractivity contribution in [3.05, 3.63) is 30.3 Å².